The van der Waals surface area contributed by atoms with Crippen molar-refractivity contribution in [2.75, 3.05) is 0 Å². The Morgan fingerprint density at radius 2 is 2.05 bits per heavy atom. The van der Waals surface area contributed by atoms with Gasteiger partial charge in [-0.25, -0.2) is 9.38 Å². The van der Waals surface area contributed by atoms with Gasteiger partial charge in [-0.15, -0.1) is 0 Å². The number of hydrogen-bond donors (Lipinski definition) is 2. The van der Waals surface area contributed by atoms with Gasteiger partial charge in [0.05, 0.1) is 0 Å². The van der Waals surface area contributed by atoms with Crippen LogP contribution in [-0.2, 0) is 0 Å². The van der Waals surface area contributed by atoms with E-state index in [1.807, 2.05) is 0 Å². The Morgan fingerprint density at radius 1 is 1.26 bits per heavy atom. The lowest BCUT2D eigenvalue weighted by Gasteiger charge is -2.22. The Morgan fingerprint density at radius 3 is 2.84 bits per heavy atom. The number of nitrogens with zero attached hydrogens (tertiary/aromatic N) is 2. The number of fused-ring (bicyclic) bond motifs is 1. The molecule has 1 aromatic carbocycles. The summed E-state index contributed by atoms with van der Waals surface area (Å²) >= 11 is 0. The highest BCUT2D eigenvalue weighted by atomic mass is 19.1. The highest BCUT2D eigenvalue weighted by molar-refractivity contribution is 5.68. The van der Waals surface area contributed by atoms with Crippen molar-refractivity contribution in [1.82, 2.24) is 9.88 Å². The highest BCUT2D eigenvalue weighted by Crippen LogP contribution is 2.29. The van der Waals surface area contributed by atoms with Crippen molar-refractivity contribution in [2.24, 2.45) is 4.99 Å². The molecule has 0 fully saturated rings. The summed E-state index contributed by atoms with van der Waals surface area (Å²) in [5.74, 6) is 3.17. The fourth-order valence-electron chi connectivity index (χ4n) is 1.78. The Balaban J connectivity index is 1.84. The van der Waals surface area contributed by atoms with Gasteiger partial charge in [0.25, 0.3) is 0 Å². The molecule has 0 radical (unpaired) electrons. The first kappa shape index (κ1) is 11.5. The molecule has 0 spiro atoms. The van der Waals surface area contributed by atoms with Crippen molar-refractivity contribution in [3.8, 4) is 12.0 Å². The predicted octanol–water partition coefficient (Wildman–Crippen LogP) is 2.13. The number of aliphatic imine (C=N–C) groups is 1. The van der Waals surface area contributed by atoms with E-state index in [2.05, 4.69) is 21.9 Å². The van der Waals surface area contributed by atoms with E-state index in [0.29, 0.717) is 16.9 Å². The van der Waals surface area contributed by atoms with E-state index in [1.54, 1.807) is 24.4 Å². The minimum atomic E-state index is -0.855. The molecule has 1 unspecified atom stereocenters. The summed E-state index contributed by atoms with van der Waals surface area (Å²) in [7, 11) is 0. The Kier molecular flexibility index (Phi) is 2.78. The number of aliphatic hydroxyl groups is 1. The number of hydrogen-bond acceptors (Lipinski definition) is 3. The monoisotopic (exact) mass is 255 g/mol. The molecule has 1 aliphatic rings. The van der Waals surface area contributed by atoms with E-state index in [0.717, 1.165) is 0 Å². The molecule has 1 aliphatic heterocycles. The maximum atomic E-state index is 12.8. The van der Waals surface area contributed by atoms with Crippen molar-refractivity contribution >= 4 is 12.2 Å². The third-order valence-electron chi connectivity index (χ3n) is 2.78. The van der Waals surface area contributed by atoms with Gasteiger partial charge >= 0.3 is 0 Å². The lowest BCUT2D eigenvalue weighted by Crippen LogP contribution is -2.24. The number of H-pyrrole nitrogens is 1. The van der Waals surface area contributed by atoms with Crippen LogP contribution in [0.4, 0.5) is 10.2 Å². The molecule has 5 heteroatoms. The molecule has 0 amide bonds. The van der Waals surface area contributed by atoms with Crippen molar-refractivity contribution in [3.05, 3.63) is 53.5 Å². The molecule has 1 aromatic heterocycles. The molecule has 0 bridgehead atoms. The Hall–Kier alpha value is -2.58. The minimum absolute atomic E-state index is 0.304. The lowest BCUT2D eigenvalue weighted by atomic mass is 10.2. The molecular weight excluding hydrogens is 245 g/mol. The maximum absolute atomic E-state index is 12.8. The van der Waals surface area contributed by atoms with E-state index in [9.17, 15) is 9.50 Å². The Bertz CT molecular complexity index is 679. The summed E-state index contributed by atoms with van der Waals surface area (Å²) in [6.45, 7) is 0. The van der Waals surface area contributed by atoms with E-state index >= 15 is 0 Å². The highest BCUT2D eigenvalue weighted by Gasteiger charge is 2.21. The van der Waals surface area contributed by atoms with Crippen LogP contribution in [0.15, 0.2) is 41.5 Å². The van der Waals surface area contributed by atoms with Crippen LogP contribution < -0.4 is 0 Å². The third kappa shape index (κ3) is 2.21. The van der Waals surface area contributed by atoms with Gasteiger partial charge in [0.2, 0.25) is 0 Å². The first-order chi connectivity index (χ1) is 9.24. The fraction of sp³-hybridized carbons (Fsp3) is 0.0714. The molecule has 2 aromatic rings. The number of rotatable bonds is 0. The lowest BCUT2D eigenvalue weighted by molar-refractivity contribution is 0.0901. The summed E-state index contributed by atoms with van der Waals surface area (Å²) in [6, 6.07) is 10.4. The SMILES string of the molecule is OC1c2cc[nH]c2N=CN1C#Cc1ccc(F)cc1. The molecule has 4 nitrogen and oxygen atoms in total. The van der Waals surface area contributed by atoms with Crippen LogP contribution >= 0.6 is 0 Å². The zero-order valence-corrected chi connectivity index (χ0v) is 9.84. The predicted molar refractivity (Wildman–Crippen MR) is 69.0 cm³/mol. The molecule has 0 saturated heterocycles. The molecule has 0 aliphatic carbocycles. The van der Waals surface area contributed by atoms with Gasteiger partial charge in [-0.1, -0.05) is 0 Å². The van der Waals surface area contributed by atoms with Crippen molar-refractivity contribution in [1.29, 1.82) is 0 Å². The summed E-state index contributed by atoms with van der Waals surface area (Å²) < 4.78 is 12.8. The van der Waals surface area contributed by atoms with Crippen LogP contribution in [-0.4, -0.2) is 21.3 Å². The van der Waals surface area contributed by atoms with Gasteiger partial charge in [-0.05, 0) is 36.3 Å². The summed E-state index contributed by atoms with van der Waals surface area (Å²) in [5.41, 5.74) is 1.35. The standard InChI is InChI=1S/C14H10FN3O/c15-11-3-1-10(2-4-11)6-8-18-9-17-13-12(14(18)19)5-7-16-13/h1-5,7,9,14,16,19H. The number of aromatic nitrogens is 1. The van der Waals surface area contributed by atoms with Gasteiger partial charge in [-0.2, -0.15) is 0 Å². The van der Waals surface area contributed by atoms with Crippen molar-refractivity contribution in [3.63, 3.8) is 0 Å². The molecule has 2 heterocycles. The molecule has 3 rings (SSSR count). The fourth-order valence-corrected chi connectivity index (χ4v) is 1.78. The van der Waals surface area contributed by atoms with Crippen LogP contribution in [0, 0.1) is 17.8 Å². The first-order valence-corrected chi connectivity index (χ1v) is 5.69. The normalized spacial score (nSPS) is 16.7. The van der Waals surface area contributed by atoms with E-state index in [1.165, 1.54) is 23.4 Å². The summed E-state index contributed by atoms with van der Waals surface area (Å²) in [5, 5.41) is 10.1. The Labute approximate surface area is 109 Å². The van der Waals surface area contributed by atoms with Crippen molar-refractivity contribution in [2.45, 2.75) is 6.23 Å². The smallest absolute Gasteiger partial charge is 0.169 e. The van der Waals surface area contributed by atoms with E-state index < -0.39 is 6.23 Å². The van der Waals surface area contributed by atoms with Crippen LogP contribution in [0.1, 0.15) is 17.4 Å². The number of aromatic amines is 1. The summed E-state index contributed by atoms with van der Waals surface area (Å²) in [6.07, 6.45) is 2.31. The second-order valence-electron chi connectivity index (χ2n) is 4.05. The molecule has 94 valence electrons. The van der Waals surface area contributed by atoms with Gasteiger partial charge in [0.15, 0.2) is 6.23 Å². The van der Waals surface area contributed by atoms with E-state index in [-0.39, 0.29) is 5.82 Å². The molecule has 0 saturated carbocycles. The zero-order valence-electron chi connectivity index (χ0n) is 9.84. The topological polar surface area (TPSA) is 51.6 Å². The van der Waals surface area contributed by atoms with Gasteiger partial charge in [0, 0.05) is 23.4 Å². The largest absolute Gasteiger partial charge is 0.368 e. The molecule has 2 N–H and O–H groups in total. The van der Waals surface area contributed by atoms with Gasteiger partial charge in [0.1, 0.15) is 18.0 Å². The average Bonchev–Trinajstić information content (AvgIpc) is 2.89. The van der Waals surface area contributed by atoms with Gasteiger partial charge in [-0.3, -0.25) is 4.90 Å². The second-order valence-corrected chi connectivity index (χ2v) is 4.05. The number of halogens is 1. The quantitative estimate of drug-likeness (QED) is 0.708. The van der Waals surface area contributed by atoms with Crippen LogP contribution in [0.5, 0.6) is 0 Å². The first-order valence-electron chi connectivity index (χ1n) is 5.69. The minimum Gasteiger partial charge on any atom is -0.368 e. The van der Waals surface area contributed by atoms with Crippen LogP contribution in [0.3, 0.4) is 0 Å². The van der Waals surface area contributed by atoms with E-state index in [4.69, 9.17) is 0 Å². The second kappa shape index (κ2) is 4.59. The third-order valence-corrected chi connectivity index (χ3v) is 2.78. The van der Waals surface area contributed by atoms with Gasteiger partial charge < -0.3 is 10.1 Å². The number of aliphatic hydroxyl groups excluding tert-OH is 1. The zero-order chi connectivity index (χ0) is 13.2. The summed E-state index contributed by atoms with van der Waals surface area (Å²) in [4.78, 5) is 8.45. The van der Waals surface area contributed by atoms with Crippen molar-refractivity contribution < 1.29 is 9.50 Å². The molecule has 19 heavy (non-hydrogen) atoms. The molecular formula is C14H10FN3O. The number of benzene rings is 1. The van der Waals surface area contributed by atoms with Crippen LogP contribution in [0.25, 0.3) is 0 Å². The number of nitrogens with one attached hydrogen (secondary N) is 1. The molecule has 1 atom stereocenters. The average molecular weight is 255 g/mol. The maximum Gasteiger partial charge on any atom is 0.169 e. The van der Waals surface area contributed by atoms with Crippen LogP contribution in [0.2, 0.25) is 0 Å².